The molecule has 1 aliphatic heterocycles. The Bertz CT molecular complexity index is 395. The van der Waals surface area contributed by atoms with Gasteiger partial charge in [-0.15, -0.1) is 0 Å². The average Bonchev–Trinajstić information content (AvgIpc) is 2.29. The van der Waals surface area contributed by atoms with Crippen LogP contribution in [0.2, 0.25) is 0 Å². The van der Waals surface area contributed by atoms with Gasteiger partial charge in [-0.2, -0.15) is 0 Å². The zero-order chi connectivity index (χ0) is 11.5. The van der Waals surface area contributed by atoms with E-state index >= 15 is 0 Å². The van der Waals surface area contributed by atoms with E-state index in [1.807, 2.05) is 0 Å². The van der Waals surface area contributed by atoms with E-state index in [4.69, 9.17) is 5.73 Å². The normalized spacial score (nSPS) is 20.8. The first-order chi connectivity index (χ1) is 7.70. The van der Waals surface area contributed by atoms with Crippen molar-refractivity contribution in [3.8, 4) is 0 Å². The predicted octanol–water partition coefficient (Wildman–Crippen LogP) is -0.626. The largest absolute Gasteiger partial charge is 0.364 e. The molecule has 1 saturated heterocycles. The third-order valence-electron chi connectivity index (χ3n) is 2.69. The van der Waals surface area contributed by atoms with E-state index in [2.05, 4.69) is 27.1 Å². The first-order valence-corrected chi connectivity index (χ1v) is 5.28. The SMILES string of the molecule is CC1CNCCN1c1nccnc1C(N)=O. The van der Waals surface area contributed by atoms with E-state index in [0.29, 0.717) is 5.82 Å². The number of piperazine rings is 1. The molecule has 1 aromatic rings. The van der Waals surface area contributed by atoms with E-state index in [1.165, 1.54) is 6.20 Å². The molecule has 0 radical (unpaired) electrons. The van der Waals surface area contributed by atoms with Crippen LogP contribution in [0, 0.1) is 0 Å². The average molecular weight is 221 g/mol. The second kappa shape index (κ2) is 4.44. The maximum absolute atomic E-state index is 11.2. The van der Waals surface area contributed by atoms with Crippen LogP contribution < -0.4 is 16.0 Å². The molecular weight excluding hydrogens is 206 g/mol. The van der Waals surface area contributed by atoms with Crippen molar-refractivity contribution >= 4 is 11.7 Å². The fraction of sp³-hybridized carbons (Fsp3) is 0.500. The molecule has 1 aliphatic rings. The maximum Gasteiger partial charge on any atom is 0.271 e. The van der Waals surface area contributed by atoms with E-state index in [1.54, 1.807) is 6.20 Å². The van der Waals surface area contributed by atoms with Crippen molar-refractivity contribution in [2.24, 2.45) is 5.73 Å². The van der Waals surface area contributed by atoms with Crippen molar-refractivity contribution < 1.29 is 4.79 Å². The Morgan fingerprint density at radius 2 is 2.31 bits per heavy atom. The predicted molar refractivity (Wildman–Crippen MR) is 60.2 cm³/mol. The molecule has 0 saturated carbocycles. The Balaban J connectivity index is 2.34. The van der Waals surface area contributed by atoms with Gasteiger partial charge in [0.25, 0.3) is 5.91 Å². The van der Waals surface area contributed by atoms with E-state index in [9.17, 15) is 4.79 Å². The van der Waals surface area contributed by atoms with Gasteiger partial charge in [0.05, 0.1) is 0 Å². The van der Waals surface area contributed by atoms with E-state index in [0.717, 1.165) is 19.6 Å². The summed E-state index contributed by atoms with van der Waals surface area (Å²) in [4.78, 5) is 21.5. The molecule has 0 spiro atoms. The van der Waals surface area contributed by atoms with Gasteiger partial charge in [-0.25, -0.2) is 9.97 Å². The van der Waals surface area contributed by atoms with Crippen molar-refractivity contribution in [3.63, 3.8) is 0 Å². The second-order valence-corrected chi connectivity index (χ2v) is 3.84. The van der Waals surface area contributed by atoms with Gasteiger partial charge in [0.2, 0.25) is 0 Å². The maximum atomic E-state index is 11.2. The minimum atomic E-state index is -0.533. The van der Waals surface area contributed by atoms with Crippen LogP contribution in [0.3, 0.4) is 0 Å². The van der Waals surface area contributed by atoms with Crippen LogP contribution in [0.4, 0.5) is 5.82 Å². The Labute approximate surface area is 93.9 Å². The number of carbonyl (C=O) groups is 1. The smallest absolute Gasteiger partial charge is 0.271 e. The standard InChI is InChI=1S/C10H15N5O/c1-7-6-12-4-5-15(7)10-8(9(11)16)13-2-3-14-10/h2-3,7,12H,4-6H2,1H3,(H2,11,16). The number of aromatic nitrogens is 2. The van der Waals surface area contributed by atoms with Gasteiger partial charge in [0, 0.05) is 38.1 Å². The topological polar surface area (TPSA) is 84.1 Å². The second-order valence-electron chi connectivity index (χ2n) is 3.84. The lowest BCUT2D eigenvalue weighted by Crippen LogP contribution is -2.50. The molecule has 16 heavy (non-hydrogen) atoms. The molecule has 0 aliphatic carbocycles. The molecule has 0 aromatic carbocycles. The van der Waals surface area contributed by atoms with E-state index in [-0.39, 0.29) is 11.7 Å². The lowest BCUT2D eigenvalue weighted by Gasteiger charge is -2.35. The summed E-state index contributed by atoms with van der Waals surface area (Å²) in [5.74, 6) is 0.0535. The highest BCUT2D eigenvalue weighted by Gasteiger charge is 2.23. The molecule has 3 N–H and O–H groups in total. The zero-order valence-corrected chi connectivity index (χ0v) is 9.18. The summed E-state index contributed by atoms with van der Waals surface area (Å²) in [6.07, 6.45) is 3.06. The fourth-order valence-electron chi connectivity index (χ4n) is 1.87. The summed E-state index contributed by atoms with van der Waals surface area (Å²) in [5, 5.41) is 3.28. The quantitative estimate of drug-likeness (QED) is 0.695. The Kier molecular flexibility index (Phi) is 3.00. The van der Waals surface area contributed by atoms with Gasteiger partial charge in [0.15, 0.2) is 11.5 Å². The Morgan fingerprint density at radius 1 is 1.56 bits per heavy atom. The minimum absolute atomic E-state index is 0.247. The van der Waals surface area contributed by atoms with Crippen LogP contribution in [-0.2, 0) is 0 Å². The van der Waals surface area contributed by atoms with Crippen molar-refractivity contribution in [1.29, 1.82) is 0 Å². The molecule has 86 valence electrons. The first-order valence-electron chi connectivity index (χ1n) is 5.28. The highest BCUT2D eigenvalue weighted by atomic mass is 16.1. The molecule has 1 unspecified atom stereocenters. The highest BCUT2D eigenvalue weighted by Crippen LogP contribution is 2.18. The Hall–Kier alpha value is -1.69. The lowest BCUT2D eigenvalue weighted by molar-refractivity contribution is 0.0995. The van der Waals surface area contributed by atoms with Gasteiger partial charge < -0.3 is 16.0 Å². The number of carbonyl (C=O) groups excluding carboxylic acids is 1. The number of rotatable bonds is 2. The third-order valence-corrected chi connectivity index (χ3v) is 2.69. The molecule has 1 amide bonds. The summed E-state index contributed by atoms with van der Waals surface area (Å²) in [6, 6.07) is 0.281. The number of anilines is 1. The molecule has 2 heterocycles. The van der Waals surface area contributed by atoms with Gasteiger partial charge in [-0.1, -0.05) is 0 Å². The summed E-state index contributed by atoms with van der Waals surface area (Å²) < 4.78 is 0. The molecule has 6 nitrogen and oxygen atoms in total. The number of hydrogen-bond acceptors (Lipinski definition) is 5. The summed E-state index contributed by atoms with van der Waals surface area (Å²) in [7, 11) is 0. The molecule has 1 aromatic heterocycles. The van der Waals surface area contributed by atoms with Crippen LogP contribution in [-0.4, -0.2) is 41.6 Å². The molecule has 1 fully saturated rings. The molecule has 0 bridgehead atoms. The fourth-order valence-corrected chi connectivity index (χ4v) is 1.87. The van der Waals surface area contributed by atoms with Gasteiger partial charge in [-0.05, 0) is 6.92 Å². The summed E-state index contributed by atoms with van der Waals surface area (Å²) in [5.41, 5.74) is 5.53. The van der Waals surface area contributed by atoms with Crippen molar-refractivity contribution in [3.05, 3.63) is 18.1 Å². The number of nitrogens with one attached hydrogen (secondary N) is 1. The van der Waals surface area contributed by atoms with Crippen LogP contribution in [0.5, 0.6) is 0 Å². The molecule has 2 rings (SSSR count). The number of nitrogens with zero attached hydrogens (tertiary/aromatic N) is 3. The molecule has 1 atom stereocenters. The van der Waals surface area contributed by atoms with Crippen molar-refractivity contribution in [1.82, 2.24) is 15.3 Å². The van der Waals surface area contributed by atoms with Crippen LogP contribution in [0.25, 0.3) is 0 Å². The zero-order valence-electron chi connectivity index (χ0n) is 9.18. The summed E-state index contributed by atoms with van der Waals surface area (Å²) >= 11 is 0. The molecule has 6 heteroatoms. The first kappa shape index (κ1) is 10.8. The minimum Gasteiger partial charge on any atom is -0.364 e. The van der Waals surface area contributed by atoms with Crippen LogP contribution >= 0.6 is 0 Å². The number of primary amides is 1. The van der Waals surface area contributed by atoms with Crippen LogP contribution in [0.15, 0.2) is 12.4 Å². The summed E-state index contributed by atoms with van der Waals surface area (Å²) in [6.45, 7) is 4.62. The van der Waals surface area contributed by atoms with Gasteiger partial charge in [-0.3, -0.25) is 4.79 Å². The Morgan fingerprint density at radius 3 is 3.00 bits per heavy atom. The highest BCUT2D eigenvalue weighted by molar-refractivity contribution is 5.95. The monoisotopic (exact) mass is 221 g/mol. The molecular formula is C10H15N5O. The number of nitrogens with two attached hydrogens (primary N) is 1. The lowest BCUT2D eigenvalue weighted by atomic mass is 10.2. The number of hydrogen-bond donors (Lipinski definition) is 2. The van der Waals surface area contributed by atoms with Gasteiger partial charge >= 0.3 is 0 Å². The third kappa shape index (κ3) is 1.96. The van der Waals surface area contributed by atoms with Crippen molar-refractivity contribution in [2.45, 2.75) is 13.0 Å². The van der Waals surface area contributed by atoms with Gasteiger partial charge in [0.1, 0.15) is 0 Å². The van der Waals surface area contributed by atoms with Crippen molar-refractivity contribution in [2.75, 3.05) is 24.5 Å². The number of amides is 1. The van der Waals surface area contributed by atoms with Crippen LogP contribution in [0.1, 0.15) is 17.4 Å². The van der Waals surface area contributed by atoms with E-state index < -0.39 is 5.91 Å².